The number of aliphatic hydroxyl groups excluding tert-OH is 1. The molecule has 6 heteroatoms. The first-order chi connectivity index (χ1) is 11.6. The maximum atomic E-state index is 12.5. The highest BCUT2D eigenvalue weighted by Crippen LogP contribution is 2.23. The summed E-state index contributed by atoms with van der Waals surface area (Å²) in [6.45, 7) is 0.335. The quantitative estimate of drug-likeness (QED) is 0.758. The summed E-state index contributed by atoms with van der Waals surface area (Å²) in [5.41, 5.74) is 1.38. The Kier molecular flexibility index (Phi) is 5.08. The van der Waals surface area contributed by atoms with Crippen LogP contribution in [0.25, 0.3) is 0 Å². The van der Waals surface area contributed by atoms with Crippen LogP contribution >= 0.6 is 15.9 Å². The molecule has 1 aliphatic rings. The number of nitrogens with zero attached hydrogens (tertiary/aromatic N) is 1. The van der Waals surface area contributed by atoms with E-state index < -0.39 is 12.1 Å². The Morgan fingerprint density at radius 3 is 2.46 bits per heavy atom. The van der Waals surface area contributed by atoms with E-state index in [4.69, 9.17) is 0 Å². The number of anilines is 1. The summed E-state index contributed by atoms with van der Waals surface area (Å²) in [4.78, 5) is 26.0. The molecule has 0 spiro atoms. The van der Waals surface area contributed by atoms with Crippen molar-refractivity contribution >= 4 is 33.4 Å². The van der Waals surface area contributed by atoms with Gasteiger partial charge in [-0.15, -0.1) is 0 Å². The lowest BCUT2D eigenvalue weighted by Crippen LogP contribution is -2.92. The zero-order chi connectivity index (χ0) is 17.1. The van der Waals surface area contributed by atoms with Gasteiger partial charge >= 0.3 is 0 Å². The molecule has 3 N–H and O–H groups in total. The predicted molar refractivity (Wildman–Crippen MR) is 93.2 cm³/mol. The standard InChI is InChI=1S/C18H17BrN2O3/c19-13-6-8-14(9-7-13)21-17(23)10-15(18(21)24)20-11-16(22)12-4-2-1-3-5-12/h1-9,15-16,20,22H,10-11H2/p+1/t15-,16+/m0/s1. The Balaban J connectivity index is 1.65. The first kappa shape index (κ1) is 16.8. The van der Waals surface area contributed by atoms with Gasteiger partial charge in [0.25, 0.3) is 5.91 Å². The Bertz CT molecular complexity index is 734. The summed E-state index contributed by atoms with van der Waals surface area (Å²) in [5.74, 6) is -0.444. The molecule has 1 heterocycles. The lowest BCUT2D eigenvalue weighted by Gasteiger charge is -2.15. The molecule has 1 saturated heterocycles. The average molecular weight is 390 g/mol. The first-order valence-corrected chi connectivity index (χ1v) is 8.54. The fourth-order valence-corrected chi connectivity index (χ4v) is 3.07. The number of carbonyl (C=O) groups is 2. The molecule has 0 radical (unpaired) electrons. The number of nitrogens with two attached hydrogens (primary N) is 1. The van der Waals surface area contributed by atoms with Gasteiger partial charge in [0, 0.05) is 4.47 Å². The van der Waals surface area contributed by atoms with Crippen molar-refractivity contribution in [2.75, 3.05) is 11.4 Å². The van der Waals surface area contributed by atoms with Gasteiger partial charge in [-0.2, -0.15) is 0 Å². The highest BCUT2D eigenvalue weighted by molar-refractivity contribution is 9.10. The average Bonchev–Trinajstić information content (AvgIpc) is 2.88. The van der Waals surface area contributed by atoms with Gasteiger partial charge in [0.05, 0.1) is 12.1 Å². The van der Waals surface area contributed by atoms with Crippen LogP contribution in [-0.4, -0.2) is 29.5 Å². The molecule has 0 saturated carbocycles. The maximum Gasteiger partial charge on any atom is 0.292 e. The van der Waals surface area contributed by atoms with Crippen LogP contribution in [0.3, 0.4) is 0 Å². The van der Waals surface area contributed by atoms with Gasteiger partial charge in [-0.1, -0.05) is 46.3 Å². The molecule has 0 bridgehead atoms. The van der Waals surface area contributed by atoms with Crippen LogP contribution < -0.4 is 10.2 Å². The Morgan fingerprint density at radius 2 is 1.79 bits per heavy atom. The molecule has 5 nitrogen and oxygen atoms in total. The van der Waals surface area contributed by atoms with Gasteiger partial charge < -0.3 is 10.4 Å². The zero-order valence-electron chi connectivity index (χ0n) is 12.9. The van der Waals surface area contributed by atoms with Crippen molar-refractivity contribution in [3.05, 3.63) is 64.6 Å². The molecule has 1 aliphatic heterocycles. The normalized spacial score (nSPS) is 18.9. The van der Waals surface area contributed by atoms with Gasteiger partial charge in [-0.3, -0.25) is 9.59 Å². The number of imide groups is 1. The molecular weight excluding hydrogens is 372 g/mol. The van der Waals surface area contributed by atoms with E-state index in [9.17, 15) is 14.7 Å². The Labute approximate surface area is 148 Å². The number of quaternary nitrogens is 1. The minimum absolute atomic E-state index is 0.149. The van der Waals surface area contributed by atoms with Crippen LogP contribution in [0.4, 0.5) is 5.69 Å². The van der Waals surface area contributed by atoms with E-state index >= 15 is 0 Å². The molecule has 2 amide bonds. The number of amides is 2. The van der Waals surface area contributed by atoms with Crippen molar-refractivity contribution in [1.29, 1.82) is 0 Å². The predicted octanol–water partition coefficient (Wildman–Crippen LogP) is 1.38. The zero-order valence-corrected chi connectivity index (χ0v) is 14.5. The number of aliphatic hydroxyl groups is 1. The fraction of sp³-hybridized carbons (Fsp3) is 0.222. The summed E-state index contributed by atoms with van der Waals surface area (Å²) in [6.07, 6.45) is -0.521. The number of rotatable bonds is 5. The summed E-state index contributed by atoms with van der Waals surface area (Å²) in [7, 11) is 0. The Morgan fingerprint density at radius 1 is 1.12 bits per heavy atom. The summed E-state index contributed by atoms with van der Waals surface area (Å²) in [5, 5.41) is 11.9. The van der Waals surface area contributed by atoms with E-state index in [1.807, 2.05) is 30.3 Å². The van der Waals surface area contributed by atoms with E-state index in [1.54, 1.807) is 29.6 Å². The number of benzene rings is 2. The molecule has 1 fully saturated rings. The van der Waals surface area contributed by atoms with Gasteiger partial charge in [0.2, 0.25) is 5.91 Å². The minimum Gasteiger partial charge on any atom is -0.382 e. The molecule has 2 aromatic rings. The second kappa shape index (κ2) is 7.25. The molecule has 3 rings (SSSR count). The third-order valence-electron chi connectivity index (χ3n) is 4.09. The molecule has 124 valence electrons. The molecular formula is C18H18BrN2O3+. The second-order valence-electron chi connectivity index (χ2n) is 5.75. The highest BCUT2D eigenvalue weighted by Gasteiger charge is 2.42. The van der Waals surface area contributed by atoms with E-state index in [0.29, 0.717) is 12.2 Å². The van der Waals surface area contributed by atoms with Crippen molar-refractivity contribution in [1.82, 2.24) is 0 Å². The maximum absolute atomic E-state index is 12.5. The molecule has 2 atom stereocenters. The van der Waals surface area contributed by atoms with Crippen LogP contribution in [0.1, 0.15) is 18.1 Å². The van der Waals surface area contributed by atoms with Crippen molar-refractivity contribution in [2.45, 2.75) is 18.6 Å². The van der Waals surface area contributed by atoms with Crippen LogP contribution in [0.5, 0.6) is 0 Å². The van der Waals surface area contributed by atoms with E-state index in [-0.39, 0.29) is 18.2 Å². The topological polar surface area (TPSA) is 74.2 Å². The molecule has 0 unspecified atom stereocenters. The second-order valence-corrected chi connectivity index (χ2v) is 6.67. The number of hydrogen-bond acceptors (Lipinski definition) is 3. The third-order valence-corrected chi connectivity index (χ3v) is 4.62. The van der Waals surface area contributed by atoms with E-state index in [1.165, 1.54) is 4.90 Å². The van der Waals surface area contributed by atoms with Gasteiger partial charge in [0.1, 0.15) is 12.6 Å². The van der Waals surface area contributed by atoms with E-state index in [2.05, 4.69) is 15.9 Å². The van der Waals surface area contributed by atoms with Crippen LogP contribution in [0.2, 0.25) is 0 Å². The highest BCUT2D eigenvalue weighted by atomic mass is 79.9. The van der Waals surface area contributed by atoms with Crippen molar-refractivity contribution in [2.24, 2.45) is 0 Å². The Hall–Kier alpha value is -2.02. The molecule has 0 aromatic heterocycles. The largest absolute Gasteiger partial charge is 0.382 e. The molecule has 24 heavy (non-hydrogen) atoms. The summed E-state index contributed by atoms with van der Waals surface area (Å²) < 4.78 is 0.888. The van der Waals surface area contributed by atoms with Crippen LogP contribution in [0.15, 0.2) is 59.1 Å². The third kappa shape index (κ3) is 3.56. The first-order valence-electron chi connectivity index (χ1n) is 7.75. The fourth-order valence-electron chi connectivity index (χ4n) is 2.81. The lowest BCUT2D eigenvalue weighted by atomic mass is 10.1. The SMILES string of the molecule is O=C1C[C@H]([NH2+]C[C@@H](O)c2ccccc2)C(=O)N1c1ccc(Br)cc1. The number of hydrogen-bond donors (Lipinski definition) is 2. The monoisotopic (exact) mass is 389 g/mol. The van der Waals surface area contributed by atoms with Crippen molar-refractivity contribution in [3.8, 4) is 0 Å². The molecule has 0 aliphatic carbocycles. The van der Waals surface area contributed by atoms with E-state index in [0.717, 1.165) is 10.0 Å². The van der Waals surface area contributed by atoms with Crippen molar-refractivity contribution < 1.29 is 20.0 Å². The minimum atomic E-state index is -0.671. The summed E-state index contributed by atoms with van der Waals surface area (Å²) >= 11 is 3.34. The smallest absolute Gasteiger partial charge is 0.292 e. The number of carbonyl (C=O) groups excluding carboxylic acids is 2. The van der Waals surface area contributed by atoms with Gasteiger partial charge in [0.15, 0.2) is 6.04 Å². The lowest BCUT2D eigenvalue weighted by molar-refractivity contribution is -0.681. The van der Waals surface area contributed by atoms with Gasteiger partial charge in [-0.05, 0) is 29.8 Å². The van der Waals surface area contributed by atoms with Crippen molar-refractivity contribution in [3.63, 3.8) is 0 Å². The molecule has 2 aromatic carbocycles. The number of halogens is 1. The van der Waals surface area contributed by atoms with Crippen LogP contribution in [0, 0.1) is 0 Å². The van der Waals surface area contributed by atoms with Crippen LogP contribution in [-0.2, 0) is 9.59 Å². The van der Waals surface area contributed by atoms with Gasteiger partial charge in [-0.25, -0.2) is 4.90 Å². The summed E-state index contributed by atoms with van der Waals surface area (Å²) in [6, 6.07) is 15.9.